The Labute approximate surface area is 230 Å². The number of anilines is 1. The number of amides is 1. The number of Topliss-reactive ketones (excluding diaryl/α,β-unsaturated/α-hetero) is 1. The zero-order valence-electron chi connectivity index (χ0n) is 22.5. The molecule has 0 aromatic heterocycles. The molecule has 1 saturated heterocycles. The summed E-state index contributed by atoms with van der Waals surface area (Å²) in [5, 5.41) is 3.03. The standard InChI is InChI=1S/C32H34N2O5.H2/c1-21-3-4-23(17-30(35)32(9-10-32)24-5-8-28-29(18-24)39-20-38-28)16-27(21)26-7-6-25(15-22(26)2)33-31(36)19-34-11-13-37-14-12-34;/h3-8,15-16,18H,9-14,17,19-20H2,1-2H3,(H,33,36);1H. The van der Waals surface area contributed by atoms with Crippen molar-refractivity contribution >= 4 is 17.4 Å². The summed E-state index contributed by atoms with van der Waals surface area (Å²) in [6, 6.07) is 18.2. The fourth-order valence-electron chi connectivity index (χ4n) is 5.68. The minimum atomic E-state index is -0.428. The van der Waals surface area contributed by atoms with Gasteiger partial charge in [0.2, 0.25) is 12.7 Å². The SMILES string of the molecule is Cc1cc(NC(=O)CN2CCOCC2)ccc1-c1cc(CC(=O)C2(c3ccc4c(c3)OCO4)CC2)ccc1C.[HH]. The summed E-state index contributed by atoms with van der Waals surface area (Å²) < 4.78 is 16.4. The summed E-state index contributed by atoms with van der Waals surface area (Å²) >= 11 is 0. The lowest BCUT2D eigenvalue weighted by Crippen LogP contribution is -2.41. The largest absolute Gasteiger partial charge is 0.454 e. The quantitative estimate of drug-likeness (QED) is 0.441. The molecule has 0 bridgehead atoms. The summed E-state index contributed by atoms with van der Waals surface area (Å²) in [7, 11) is 0. The number of hydrogen-bond acceptors (Lipinski definition) is 6. The van der Waals surface area contributed by atoms with Crippen molar-refractivity contribution in [2.24, 2.45) is 0 Å². The van der Waals surface area contributed by atoms with Crippen LogP contribution in [0, 0.1) is 13.8 Å². The molecule has 0 spiro atoms. The van der Waals surface area contributed by atoms with E-state index in [1.54, 1.807) is 0 Å². The third-order valence-corrected chi connectivity index (χ3v) is 8.15. The first-order valence-corrected chi connectivity index (χ1v) is 13.7. The van der Waals surface area contributed by atoms with Gasteiger partial charge >= 0.3 is 0 Å². The molecule has 3 aromatic carbocycles. The fraction of sp³-hybridized carbons (Fsp3) is 0.375. The van der Waals surface area contributed by atoms with Gasteiger partial charge < -0.3 is 19.5 Å². The molecule has 6 rings (SSSR count). The van der Waals surface area contributed by atoms with E-state index in [4.69, 9.17) is 14.2 Å². The smallest absolute Gasteiger partial charge is 0.238 e. The van der Waals surface area contributed by atoms with E-state index in [1.807, 2.05) is 30.3 Å². The Hall–Kier alpha value is -3.68. The van der Waals surface area contributed by atoms with Crippen molar-refractivity contribution in [1.82, 2.24) is 4.90 Å². The molecule has 2 fully saturated rings. The first-order chi connectivity index (χ1) is 18.9. The van der Waals surface area contributed by atoms with E-state index in [9.17, 15) is 9.59 Å². The average molecular weight is 529 g/mol. The normalized spacial score (nSPS) is 17.6. The molecule has 0 unspecified atom stereocenters. The molecule has 1 N–H and O–H groups in total. The Kier molecular flexibility index (Phi) is 6.87. The number of benzene rings is 3. The van der Waals surface area contributed by atoms with Crippen LogP contribution in [0.4, 0.5) is 5.69 Å². The molecule has 7 nitrogen and oxygen atoms in total. The number of carbonyl (C=O) groups excluding carboxylic acids is 2. The molecule has 0 atom stereocenters. The van der Waals surface area contributed by atoms with Crippen LogP contribution in [-0.2, 0) is 26.2 Å². The summed E-state index contributed by atoms with van der Waals surface area (Å²) in [5.41, 5.74) is 6.82. The molecule has 0 radical (unpaired) electrons. The Morgan fingerprint density at radius 3 is 2.46 bits per heavy atom. The zero-order chi connectivity index (χ0) is 27.0. The summed E-state index contributed by atoms with van der Waals surface area (Å²) in [6.45, 7) is 7.65. The number of morpholine rings is 1. The third kappa shape index (κ3) is 5.29. The van der Waals surface area contributed by atoms with Crippen LogP contribution in [0.2, 0.25) is 0 Å². The molecular formula is C32H36N2O5. The molecular weight excluding hydrogens is 492 g/mol. The summed E-state index contributed by atoms with van der Waals surface area (Å²) in [5.74, 6) is 1.69. The monoisotopic (exact) mass is 528 g/mol. The lowest BCUT2D eigenvalue weighted by molar-refractivity contribution is -0.121. The number of carbonyl (C=O) groups is 2. The Balaban J connectivity index is 0.00000323. The average Bonchev–Trinajstić information content (AvgIpc) is 3.61. The van der Waals surface area contributed by atoms with E-state index in [-0.39, 0.29) is 19.9 Å². The number of fused-ring (bicyclic) bond motifs is 1. The second kappa shape index (κ2) is 10.5. The minimum Gasteiger partial charge on any atom is -0.454 e. The second-order valence-corrected chi connectivity index (χ2v) is 10.9. The fourth-order valence-corrected chi connectivity index (χ4v) is 5.68. The third-order valence-electron chi connectivity index (χ3n) is 8.15. The van der Waals surface area contributed by atoms with Crippen molar-refractivity contribution in [3.63, 3.8) is 0 Å². The van der Waals surface area contributed by atoms with Crippen LogP contribution < -0.4 is 14.8 Å². The molecule has 204 valence electrons. The first-order valence-electron chi connectivity index (χ1n) is 13.7. The van der Waals surface area contributed by atoms with Gasteiger partial charge in [0.1, 0.15) is 5.78 Å². The van der Waals surface area contributed by atoms with Gasteiger partial charge in [-0.1, -0.05) is 30.3 Å². The Bertz CT molecular complexity index is 1430. The van der Waals surface area contributed by atoms with Gasteiger partial charge in [0.15, 0.2) is 11.5 Å². The van der Waals surface area contributed by atoms with Crippen molar-refractivity contribution < 1.29 is 25.2 Å². The van der Waals surface area contributed by atoms with Crippen molar-refractivity contribution in [3.8, 4) is 22.6 Å². The van der Waals surface area contributed by atoms with Crippen LogP contribution in [-0.4, -0.2) is 56.2 Å². The molecule has 2 aliphatic heterocycles. The van der Waals surface area contributed by atoms with Gasteiger partial charge in [-0.2, -0.15) is 0 Å². The molecule has 1 amide bonds. The lowest BCUT2D eigenvalue weighted by atomic mass is 9.86. The van der Waals surface area contributed by atoms with Crippen LogP contribution >= 0.6 is 0 Å². The molecule has 3 aromatic rings. The van der Waals surface area contributed by atoms with Crippen LogP contribution in [0.3, 0.4) is 0 Å². The van der Waals surface area contributed by atoms with Crippen molar-refractivity contribution in [1.29, 1.82) is 0 Å². The number of aryl methyl sites for hydroxylation is 2. The van der Waals surface area contributed by atoms with E-state index in [2.05, 4.69) is 48.3 Å². The maximum absolute atomic E-state index is 13.6. The summed E-state index contributed by atoms with van der Waals surface area (Å²) in [6.07, 6.45) is 2.11. The molecule has 3 aliphatic rings. The van der Waals surface area contributed by atoms with Gasteiger partial charge in [-0.05, 0) is 84.3 Å². The maximum Gasteiger partial charge on any atom is 0.238 e. The highest BCUT2D eigenvalue weighted by Gasteiger charge is 2.50. The Morgan fingerprint density at radius 1 is 0.897 bits per heavy atom. The van der Waals surface area contributed by atoms with E-state index < -0.39 is 5.41 Å². The van der Waals surface area contributed by atoms with Crippen LogP contribution in [0.15, 0.2) is 54.6 Å². The van der Waals surface area contributed by atoms with Gasteiger partial charge in [0.05, 0.1) is 25.2 Å². The topological polar surface area (TPSA) is 77.1 Å². The van der Waals surface area contributed by atoms with Crippen LogP contribution in [0.1, 0.15) is 36.5 Å². The molecule has 2 heterocycles. The summed E-state index contributed by atoms with van der Waals surface area (Å²) in [4.78, 5) is 28.2. The number of rotatable bonds is 8. The predicted octanol–water partition coefficient (Wildman–Crippen LogP) is 5.06. The highest BCUT2D eigenvalue weighted by molar-refractivity contribution is 5.95. The van der Waals surface area contributed by atoms with Gasteiger partial charge in [0.25, 0.3) is 0 Å². The number of ether oxygens (including phenoxy) is 3. The number of hydrogen-bond donors (Lipinski definition) is 1. The van der Waals surface area contributed by atoms with Gasteiger partial charge in [-0.25, -0.2) is 0 Å². The van der Waals surface area contributed by atoms with E-state index >= 15 is 0 Å². The van der Waals surface area contributed by atoms with E-state index in [0.717, 1.165) is 76.5 Å². The molecule has 7 heteroatoms. The highest BCUT2D eigenvalue weighted by atomic mass is 16.7. The van der Waals surface area contributed by atoms with Crippen molar-refractivity contribution in [3.05, 3.63) is 76.9 Å². The second-order valence-electron chi connectivity index (χ2n) is 10.9. The van der Waals surface area contributed by atoms with Gasteiger partial charge in [-0.3, -0.25) is 14.5 Å². The molecule has 39 heavy (non-hydrogen) atoms. The zero-order valence-corrected chi connectivity index (χ0v) is 22.5. The first kappa shape index (κ1) is 25.6. The number of ketones is 1. The number of nitrogens with zero attached hydrogens (tertiary/aromatic N) is 1. The Morgan fingerprint density at radius 2 is 1.69 bits per heavy atom. The van der Waals surface area contributed by atoms with Crippen LogP contribution in [0.25, 0.3) is 11.1 Å². The lowest BCUT2D eigenvalue weighted by Gasteiger charge is -2.25. The van der Waals surface area contributed by atoms with Gasteiger partial charge in [-0.15, -0.1) is 0 Å². The van der Waals surface area contributed by atoms with Crippen molar-refractivity contribution in [2.45, 2.75) is 38.5 Å². The maximum atomic E-state index is 13.6. The highest BCUT2D eigenvalue weighted by Crippen LogP contribution is 2.51. The molecule has 1 saturated carbocycles. The van der Waals surface area contributed by atoms with E-state index in [1.165, 1.54) is 0 Å². The number of nitrogens with one attached hydrogen (secondary N) is 1. The minimum absolute atomic E-state index is 0. The van der Waals surface area contributed by atoms with Crippen molar-refractivity contribution in [2.75, 3.05) is 45.0 Å². The van der Waals surface area contributed by atoms with Crippen LogP contribution in [0.5, 0.6) is 11.5 Å². The molecule has 1 aliphatic carbocycles. The predicted molar refractivity (Wildman–Crippen MR) is 152 cm³/mol. The van der Waals surface area contributed by atoms with E-state index in [0.29, 0.717) is 26.2 Å². The van der Waals surface area contributed by atoms with Gasteiger partial charge in [0, 0.05) is 26.6 Å².